The summed E-state index contributed by atoms with van der Waals surface area (Å²) in [6.45, 7) is 4.39. The van der Waals surface area contributed by atoms with Crippen molar-refractivity contribution in [3.05, 3.63) is 33.8 Å². The second-order valence-corrected chi connectivity index (χ2v) is 3.96. The van der Waals surface area contributed by atoms with Crippen LogP contribution in [0.5, 0.6) is 0 Å². The summed E-state index contributed by atoms with van der Waals surface area (Å²) >= 11 is 6.09. The van der Waals surface area contributed by atoms with Crippen molar-refractivity contribution in [1.82, 2.24) is 0 Å². The average Bonchev–Trinajstić information content (AvgIpc) is 2.11. The van der Waals surface area contributed by atoms with Gasteiger partial charge >= 0.3 is 0 Å². The van der Waals surface area contributed by atoms with Gasteiger partial charge in [-0.3, -0.25) is 0 Å². The van der Waals surface area contributed by atoms with Gasteiger partial charge in [0.25, 0.3) is 0 Å². The van der Waals surface area contributed by atoms with E-state index in [0.717, 1.165) is 16.7 Å². The fraction of sp³-hybridized carbons (Fsp3) is 0.455. The van der Waals surface area contributed by atoms with Gasteiger partial charge in [0.15, 0.2) is 0 Å². The lowest BCUT2D eigenvalue weighted by molar-refractivity contribution is 0.170. The van der Waals surface area contributed by atoms with Crippen LogP contribution in [-0.4, -0.2) is 11.7 Å². The van der Waals surface area contributed by atoms with Gasteiger partial charge < -0.3 is 10.8 Å². The van der Waals surface area contributed by atoms with Crippen molar-refractivity contribution >= 4 is 11.6 Å². The van der Waals surface area contributed by atoms with Crippen molar-refractivity contribution in [2.24, 2.45) is 5.73 Å². The minimum absolute atomic E-state index is 0.463. The molecule has 3 heteroatoms. The Hall–Kier alpha value is -0.570. The van der Waals surface area contributed by atoms with Crippen molar-refractivity contribution in [2.75, 3.05) is 6.54 Å². The molecule has 1 unspecified atom stereocenters. The van der Waals surface area contributed by atoms with E-state index < -0.39 is 6.10 Å². The third kappa shape index (κ3) is 2.47. The molecule has 1 rings (SSSR count). The summed E-state index contributed by atoms with van der Waals surface area (Å²) in [6, 6.07) is 3.91. The molecule has 0 radical (unpaired) electrons. The Morgan fingerprint density at radius 3 is 2.64 bits per heavy atom. The molecule has 2 nitrogen and oxygen atoms in total. The molecule has 1 aromatic rings. The molecule has 1 atom stereocenters. The van der Waals surface area contributed by atoms with Crippen LogP contribution in [0.25, 0.3) is 0 Å². The molecule has 0 spiro atoms. The normalized spacial score (nSPS) is 12.9. The van der Waals surface area contributed by atoms with E-state index in [1.165, 1.54) is 0 Å². The highest BCUT2D eigenvalue weighted by Gasteiger charge is 2.12. The Morgan fingerprint density at radius 1 is 1.43 bits per heavy atom. The monoisotopic (exact) mass is 213 g/mol. The zero-order chi connectivity index (χ0) is 10.7. The van der Waals surface area contributed by atoms with Gasteiger partial charge in [0.2, 0.25) is 0 Å². The van der Waals surface area contributed by atoms with Crippen molar-refractivity contribution in [1.29, 1.82) is 0 Å². The minimum atomic E-state index is -0.550. The number of aryl methyl sites for hydroxylation is 2. The van der Waals surface area contributed by atoms with Crippen LogP contribution < -0.4 is 5.73 Å². The molecule has 0 aliphatic rings. The highest BCUT2D eigenvalue weighted by Crippen LogP contribution is 2.29. The molecule has 1 aromatic carbocycles. The summed E-state index contributed by atoms with van der Waals surface area (Å²) in [5.74, 6) is 0. The standard InChI is InChI=1S/C11H16ClNO/c1-7-5-8(2)11(12)9(6-7)10(14)3-4-13/h5-6,10,14H,3-4,13H2,1-2H3. The molecule has 0 aromatic heterocycles. The van der Waals surface area contributed by atoms with Gasteiger partial charge in [0, 0.05) is 5.02 Å². The maximum absolute atomic E-state index is 9.79. The smallest absolute Gasteiger partial charge is 0.0816 e. The molecular formula is C11H16ClNO. The zero-order valence-electron chi connectivity index (χ0n) is 8.55. The minimum Gasteiger partial charge on any atom is -0.388 e. The number of aliphatic hydroxyl groups excluding tert-OH is 1. The van der Waals surface area contributed by atoms with Gasteiger partial charge in [-0.15, -0.1) is 0 Å². The van der Waals surface area contributed by atoms with Gasteiger partial charge in [-0.1, -0.05) is 29.3 Å². The Bertz CT molecular complexity index is 325. The van der Waals surface area contributed by atoms with Crippen molar-refractivity contribution in [2.45, 2.75) is 26.4 Å². The van der Waals surface area contributed by atoms with E-state index in [4.69, 9.17) is 17.3 Å². The fourth-order valence-electron chi connectivity index (χ4n) is 1.54. The van der Waals surface area contributed by atoms with Crippen LogP contribution in [-0.2, 0) is 0 Å². The fourth-order valence-corrected chi connectivity index (χ4v) is 1.77. The summed E-state index contributed by atoms with van der Waals surface area (Å²) in [6.07, 6.45) is -0.00565. The first kappa shape index (κ1) is 11.5. The molecule has 0 bridgehead atoms. The number of rotatable bonds is 3. The predicted octanol–water partition coefficient (Wildman–Crippen LogP) is 2.34. The number of hydrogen-bond acceptors (Lipinski definition) is 2. The van der Waals surface area contributed by atoms with E-state index in [0.29, 0.717) is 18.0 Å². The Balaban J connectivity index is 3.07. The number of benzene rings is 1. The molecule has 14 heavy (non-hydrogen) atoms. The number of halogens is 1. The van der Waals surface area contributed by atoms with Gasteiger partial charge in [-0.25, -0.2) is 0 Å². The van der Waals surface area contributed by atoms with E-state index in [-0.39, 0.29) is 0 Å². The first-order valence-corrected chi connectivity index (χ1v) is 5.09. The van der Waals surface area contributed by atoms with Crippen LogP contribution in [0.1, 0.15) is 29.2 Å². The Kier molecular flexibility index (Phi) is 3.93. The maximum atomic E-state index is 9.79. The molecule has 0 amide bonds. The first-order valence-electron chi connectivity index (χ1n) is 4.71. The van der Waals surface area contributed by atoms with E-state index in [1.54, 1.807) is 0 Å². The third-order valence-electron chi connectivity index (χ3n) is 2.23. The van der Waals surface area contributed by atoms with Crippen molar-refractivity contribution in [3.63, 3.8) is 0 Å². The molecule has 0 aliphatic heterocycles. The van der Waals surface area contributed by atoms with E-state index in [9.17, 15) is 5.11 Å². The van der Waals surface area contributed by atoms with Crippen LogP contribution in [0.15, 0.2) is 12.1 Å². The van der Waals surface area contributed by atoms with Gasteiger partial charge in [-0.05, 0) is 37.9 Å². The van der Waals surface area contributed by atoms with Crippen LogP contribution >= 0.6 is 11.6 Å². The SMILES string of the molecule is Cc1cc(C)c(Cl)c(C(O)CCN)c1. The van der Waals surface area contributed by atoms with Crippen LogP contribution in [0.3, 0.4) is 0 Å². The second-order valence-electron chi connectivity index (χ2n) is 3.58. The second kappa shape index (κ2) is 4.78. The van der Waals surface area contributed by atoms with Crippen LogP contribution in [0.4, 0.5) is 0 Å². The number of nitrogens with two attached hydrogens (primary N) is 1. The van der Waals surface area contributed by atoms with E-state index in [1.807, 2.05) is 26.0 Å². The lowest BCUT2D eigenvalue weighted by atomic mass is 10.0. The molecule has 0 fully saturated rings. The summed E-state index contributed by atoms with van der Waals surface area (Å²) < 4.78 is 0. The summed E-state index contributed by atoms with van der Waals surface area (Å²) in [7, 11) is 0. The summed E-state index contributed by atoms with van der Waals surface area (Å²) in [5, 5.41) is 10.4. The molecule has 3 N–H and O–H groups in total. The molecule has 0 aliphatic carbocycles. The average molecular weight is 214 g/mol. The molecule has 0 heterocycles. The van der Waals surface area contributed by atoms with Crippen LogP contribution in [0, 0.1) is 13.8 Å². The highest BCUT2D eigenvalue weighted by atomic mass is 35.5. The Labute approximate surface area is 89.7 Å². The van der Waals surface area contributed by atoms with Crippen molar-refractivity contribution < 1.29 is 5.11 Å². The first-order chi connectivity index (χ1) is 6.56. The van der Waals surface area contributed by atoms with Gasteiger partial charge in [0.05, 0.1) is 6.10 Å². The highest BCUT2D eigenvalue weighted by molar-refractivity contribution is 6.32. The third-order valence-corrected chi connectivity index (χ3v) is 2.74. The van der Waals surface area contributed by atoms with E-state index in [2.05, 4.69) is 0 Å². The maximum Gasteiger partial charge on any atom is 0.0816 e. The lowest BCUT2D eigenvalue weighted by Crippen LogP contribution is -2.07. The Morgan fingerprint density at radius 2 is 2.07 bits per heavy atom. The van der Waals surface area contributed by atoms with Gasteiger partial charge in [-0.2, -0.15) is 0 Å². The molecule has 78 valence electrons. The molecule has 0 saturated carbocycles. The summed E-state index contributed by atoms with van der Waals surface area (Å²) in [4.78, 5) is 0. The number of hydrogen-bond donors (Lipinski definition) is 2. The van der Waals surface area contributed by atoms with Crippen LogP contribution in [0.2, 0.25) is 5.02 Å². The quantitative estimate of drug-likeness (QED) is 0.810. The van der Waals surface area contributed by atoms with Gasteiger partial charge in [0.1, 0.15) is 0 Å². The topological polar surface area (TPSA) is 46.2 Å². The van der Waals surface area contributed by atoms with E-state index >= 15 is 0 Å². The summed E-state index contributed by atoms with van der Waals surface area (Å²) in [5.41, 5.74) is 8.28. The molecule has 0 saturated heterocycles. The predicted molar refractivity (Wildman–Crippen MR) is 59.6 cm³/mol. The molecular weight excluding hydrogens is 198 g/mol. The number of aliphatic hydroxyl groups is 1. The largest absolute Gasteiger partial charge is 0.388 e. The zero-order valence-corrected chi connectivity index (χ0v) is 9.30. The lowest BCUT2D eigenvalue weighted by Gasteiger charge is -2.14. The van der Waals surface area contributed by atoms with Crippen molar-refractivity contribution in [3.8, 4) is 0 Å².